The number of halogens is 1. The number of fused-ring (bicyclic) bond motifs is 1. The van der Waals surface area contributed by atoms with Crippen molar-refractivity contribution in [3.63, 3.8) is 0 Å². The Kier molecular flexibility index (Phi) is 3.17. The molecule has 0 aliphatic carbocycles. The molecular formula is C13H17BrN2O. The van der Waals surface area contributed by atoms with Crippen molar-refractivity contribution >= 4 is 33.2 Å². The van der Waals surface area contributed by atoms with E-state index >= 15 is 0 Å². The molecule has 1 aromatic rings. The lowest BCUT2D eigenvalue weighted by Crippen LogP contribution is -2.48. The highest BCUT2D eigenvalue weighted by molar-refractivity contribution is 9.10. The zero-order valence-electron chi connectivity index (χ0n) is 10.4. The van der Waals surface area contributed by atoms with Crippen LogP contribution in [0.2, 0.25) is 0 Å². The van der Waals surface area contributed by atoms with Gasteiger partial charge in [-0.3, -0.25) is 4.79 Å². The minimum Gasteiger partial charge on any atom is -0.371 e. The summed E-state index contributed by atoms with van der Waals surface area (Å²) < 4.78 is -0.518. The molecule has 0 N–H and O–H groups in total. The van der Waals surface area contributed by atoms with Crippen LogP contribution in [0.15, 0.2) is 24.3 Å². The number of hydrogen-bond donors (Lipinski definition) is 0. The van der Waals surface area contributed by atoms with Gasteiger partial charge in [0.05, 0.1) is 15.7 Å². The lowest BCUT2D eigenvalue weighted by atomic mass is 10.1. The fraction of sp³-hybridized carbons (Fsp3) is 0.462. The second kappa shape index (κ2) is 4.33. The Bertz CT molecular complexity index is 439. The van der Waals surface area contributed by atoms with Crippen LogP contribution in [-0.4, -0.2) is 30.4 Å². The SMILES string of the molecule is CN1CCN(C(=O)C(C)(C)Br)c2ccccc21. The van der Waals surface area contributed by atoms with Gasteiger partial charge in [0.25, 0.3) is 0 Å². The maximum Gasteiger partial charge on any atom is 0.243 e. The van der Waals surface area contributed by atoms with E-state index in [1.807, 2.05) is 36.9 Å². The second-order valence-corrected chi connectivity index (χ2v) is 6.82. The number of alkyl halides is 1. The minimum atomic E-state index is -0.518. The van der Waals surface area contributed by atoms with Crippen molar-refractivity contribution < 1.29 is 4.79 Å². The highest BCUT2D eigenvalue weighted by Gasteiger charge is 2.33. The zero-order valence-corrected chi connectivity index (χ0v) is 12.0. The first-order valence-electron chi connectivity index (χ1n) is 5.72. The molecule has 0 fully saturated rings. The number of anilines is 2. The molecule has 1 aliphatic heterocycles. The first-order chi connectivity index (χ1) is 7.91. The third-order valence-corrected chi connectivity index (χ3v) is 3.34. The molecule has 0 saturated carbocycles. The maximum absolute atomic E-state index is 12.3. The van der Waals surface area contributed by atoms with Crippen LogP contribution in [0.3, 0.4) is 0 Å². The minimum absolute atomic E-state index is 0.109. The van der Waals surface area contributed by atoms with E-state index in [4.69, 9.17) is 0 Å². The standard InChI is InChI=1S/C13H17BrN2O/c1-13(2,14)12(17)16-9-8-15(3)10-6-4-5-7-11(10)16/h4-7H,8-9H2,1-3H3. The van der Waals surface area contributed by atoms with Gasteiger partial charge in [-0.15, -0.1) is 0 Å². The number of carbonyl (C=O) groups is 1. The van der Waals surface area contributed by atoms with Crippen LogP contribution in [0, 0.1) is 0 Å². The summed E-state index contributed by atoms with van der Waals surface area (Å²) in [5.41, 5.74) is 2.11. The molecule has 1 amide bonds. The van der Waals surface area contributed by atoms with Crippen LogP contribution in [0.25, 0.3) is 0 Å². The Morgan fingerprint density at radius 3 is 2.41 bits per heavy atom. The van der Waals surface area contributed by atoms with Gasteiger partial charge in [-0.25, -0.2) is 0 Å². The molecule has 1 aliphatic rings. The molecule has 3 nitrogen and oxygen atoms in total. The summed E-state index contributed by atoms with van der Waals surface area (Å²) in [6.07, 6.45) is 0. The highest BCUT2D eigenvalue weighted by atomic mass is 79.9. The predicted molar refractivity (Wildman–Crippen MR) is 75.1 cm³/mol. The van der Waals surface area contributed by atoms with Crippen LogP contribution in [0.4, 0.5) is 11.4 Å². The number of benzene rings is 1. The number of amides is 1. The summed E-state index contributed by atoms with van der Waals surface area (Å²) in [5, 5.41) is 0. The van der Waals surface area contributed by atoms with Crippen molar-refractivity contribution in [1.29, 1.82) is 0 Å². The summed E-state index contributed by atoms with van der Waals surface area (Å²) in [4.78, 5) is 16.4. The number of rotatable bonds is 1. The maximum atomic E-state index is 12.3. The van der Waals surface area contributed by atoms with Gasteiger partial charge in [-0.2, -0.15) is 0 Å². The smallest absolute Gasteiger partial charge is 0.243 e. The van der Waals surface area contributed by atoms with Gasteiger partial charge in [-0.05, 0) is 26.0 Å². The van der Waals surface area contributed by atoms with Crippen LogP contribution in [-0.2, 0) is 4.79 Å². The Labute approximate surface area is 111 Å². The van der Waals surface area contributed by atoms with Gasteiger partial charge < -0.3 is 9.80 Å². The van der Waals surface area contributed by atoms with Gasteiger partial charge in [0.1, 0.15) is 0 Å². The van der Waals surface area contributed by atoms with Gasteiger partial charge in [-0.1, -0.05) is 28.1 Å². The number of nitrogens with zero attached hydrogens (tertiary/aromatic N) is 2. The van der Waals surface area contributed by atoms with E-state index in [9.17, 15) is 4.79 Å². The third kappa shape index (κ3) is 2.32. The van der Waals surface area contributed by atoms with Gasteiger partial charge in [0.15, 0.2) is 0 Å². The number of carbonyl (C=O) groups excluding carboxylic acids is 1. The van der Waals surface area contributed by atoms with Crippen LogP contribution in [0.5, 0.6) is 0 Å². The van der Waals surface area contributed by atoms with Crippen molar-refractivity contribution in [2.75, 3.05) is 29.9 Å². The molecule has 4 heteroatoms. The van der Waals surface area contributed by atoms with E-state index in [1.165, 1.54) is 0 Å². The van der Waals surface area contributed by atoms with Crippen molar-refractivity contribution in [3.05, 3.63) is 24.3 Å². The van der Waals surface area contributed by atoms with E-state index in [0.717, 1.165) is 24.5 Å². The van der Waals surface area contributed by atoms with Gasteiger partial charge in [0, 0.05) is 20.1 Å². The molecule has 0 bridgehead atoms. The van der Waals surface area contributed by atoms with Gasteiger partial charge >= 0.3 is 0 Å². The van der Waals surface area contributed by atoms with E-state index < -0.39 is 4.32 Å². The summed E-state index contributed by atoms with van der Waals surface area (Å²) >= 11 is 3.44. The van der Waals surface area contributed by atoms with E-state index in [0.29, 0.717) is 0 Å². The molecule has 0 saturated heterocycles. The van der Waals surface area contributed by atoms with Crippen molar-refractivity contribution in [2.45, 2.75) is 18.2 Å². The molecule has 1 aromatic carbocycles. The topological polar surface area (TPSA) is 23.6 Å². The first-order valence-corrected chi connectivity index (χ1v) is 6.51. The van der Waals surface area contributed by atoms with Crippen LogP contribution < -0.4 is 9.80 Å². The van der Waals surface area contributed by atoms with E-state index in [2.05, 4.69) is 33.9 Å². The molecule has 0 radical (unpaired) electrons. The van der Waals surface area contributed by atoms with Crippen molar-refractivity contribution in [1.82, 2.24) is 0 Å². The summed E-state index contributed by atoms with van der Waals surface area (Å²) in [6, 6.07) is 8.03. The molecule has 0 atom stereocenters. The zero-order chi connectivity index (χ0) is 12.6. The lowest BCUT2D eigenvalue weighted by molar-refractivity contribution is -0.120. The molecule has 1 heterocycles. The van der Waals surface area contributed by atoms with E-state index in [1.54, 1.807) is 0 Å². The average Bonchev–Trinajstić information content (AvgIpc) is 2.28. The van der Waals surface area contributed by atoms with Crippen LogP contribution in [0.1, 0.15) is 13.8 Å². The largest absolute Gasteiger partial charge is 0.371 e. The summed E-state index contributed by atoms with van der Waals surface area (Å²) in [5.74, 6) is 0.109. The summed E-state index contributed by atoms with van der Waals surface area (Å²) in [7, 11) is 2.06. The van der Waals surface area contributed by atoms with Crippen molar-refractivity contribution in [2.24, 2.45) is 0 Å². The quantitative estimate of drug-likeness (QED) is 0.744. The normalized spacial score (nSPS) is 15.8. The highest BCUT2D eigenvalue weighted by Crippen LogP contribution is 2.34. The lowest BCUT2D eigenvalue weighted by Gasteiger charge is -2.37. The molecule has 17 heavy (non-hydrogen) atoms. The van der Waals surface area contributed by atoms with E-state index in [-0.39, 0.29) is 5.91 Å². The predicted octanol–water partition coefficient (Wildman–Crippen LogP) is 2.64. The number of likely N-dealkylation sites (N-methyl/N-ethyl adjacent to an activating group) is 1. The molecule has 92 valence electrons. The van der Waals surface area contributed by atoms with Gasteiger partial charge in [0.2, 0.25) is 5.91 Å². The molecular weight excluding hydrogens is 280 g/mol. The average molecular weight is 297 g/mol. The number of para-hydroxylation sites is 2. The molecule has 0 unspecified atom stereocenters. The molecule has 0 spiro atoms. The molecule has 2 rings (SSSR count). The third-order valence-electron chi connectivity index (χ3n) is 3.00. The Hall–Kier alpha value is -1.03. The Morgan fingerprint density at radius 2 is 1.82 bits per heavy atom. The Morgan fingerprint density at radius 1 is 1.24 bits per heavy atom. The second-order valence-electron chi connectivity index (χ2n) is 4.84. The summed E-state index contributed by atoms with van der Waals surface area (Å²) in [6.45, 7) is 5.37. The fourth-order valence-electron chi connectivity index (χ4n) is 2.04. The molecule has 0 aromatic heterocycles. The fourth-order valence-corrected chi connectivity index (χ4v) is 2.25. The first kappa shape index (κ1) is 12.4. The van der Waals surface area contributed by atoms with Crippen molar-refractivity contribution in [3.8, 4) is 0 Å². The van der Waals surface area contributed by atoms with Crippen LogP contribution >= 0.6 is 15.9 Å². The Balaban J connectivity index is 2.40. The number of hydrogen-bond acceptors (Lipinski definition) is 2. The monoisotopic (exact) mass is 296 g/mol.